The quantitative estimate of drug-likeness (QED) is 0.888. The van der Waals surface area contributed by atoms with Gasteiger partial charge in [-0.1, -0.05) is 37.3 Å². The Hall–Kier alpha value is -1.55. The number of urea groups is 1. The Kier molecular flexibility index (Phi) is 6.74. The molecule has 0 radical (unpaired) electrons. The van der Waals surface area contributed by atoms with Gasteiger partial charge < -0.3 is 15.1 Å². The number of likely N-dealkylation sites (N-methyl/N-ethyl adjacent to an activating group) is 1. The lowest BCUT2D eigenvalue weighted by molar-refractivity contribution is 0.151. The molecule has 0 saturated carbocycles. The van der Waals surface area contributed by atoms with Gasteiger partial charge in [-0.2, -0.15) is 0 Å². The molecule has 0 bridgehead atoms. The molecule has 0 unspecified atom stereocenters. The zero-order valence-corrected chi connectivity index (χ0v) is 15.6. The van der Waals surface area contributed by atoms with Gasteiger partial charge in [0.1, 0.15) is 0 Å². The second-order valence-electron chi connectivity index (χ2n) is 7.64. The topological polar surface area (TPSA) is 35.6 Å². The van der Waals surface area contributed by atoms with Crippen LogP contribution >= 0.6 is 0 Å². The van der Waals surface area contributed by atoms with E-state index in [2.05, 4.69) is 47.5 Å². The summed E-state index contributed by atoms with van der Waals surface area (Å²) >= 11 is 0. The van der Waals surface area contributed by atoms with Crippen molar-refractivity contribution in [3.8, 4) is 0 Å². The molecule has 138 valence electrons. The molecule has 2 fully saturated rings. The Morgan fingerprint density at radius 1 is 1.12 bits per heavy atom. The fourth-order valence-electron chi connectivity index (χ4n) is 4.17. The molecule has 4 heteroatoms. The van der Waals surface area contributed by atoms with E-state index in [1.807, 2.05) is 4.90 Å². The van der Waals surface area contributed by atoms with Crippen LogP contribution in [0.25, 0.3) is 0 Å². The van der Waals surface area contributed by atoms with Gasteiger partial charge in [-0.15, -0.1) is 0 Å². The van der Waals surface area contributed by atoms with E-state index >= 15 is 0 Å². The Labute approximate surface area is 152 Å². The van der Waals surface area contributed by atoms with Crippen LogP contribution in [0.1, 0.15) is 44.6 Å². The van der Waals surface area contributed by atoms with Gasteiger partial charge in [0.15, 0.2) is 0 Å². The summed E-state index contributed by atoms with van der Waals surface area (Å²) in [4.78, 5) is 17.0. The molecule has 2 aliphatic rings. The lowest BCUT2D eigenvalue weighted by Crippen LogP contribution is -2.52. The molecule has 2 aliphatic heterocycles. The van der Waals surface area contributed by atoms with Gasteiger partial charge in [-0.3, -0.25) is 0 Å². The molecule has 1 aromatic rings. The summed E-state index contributed by atoms with van der Waals surface area (Å²) in [5.74, 6) is 0.759. The van der Waals surface area contributed by atoms with E-state index in [-0.39, 0.29) is 6.03 Å². The monoisotopic (exact) mass is 343 g/mol. The highest BCUT2D eigenvalue weighted by Gasteiger charge is 2.26. The highest BCUT2D eigenvalue weighted by Crippen LogP contribution is 2.22. The van der Waals surface area contributed by atoms with E-state index in [1.165, 1.54) is 24.9 Å². The average Bonchev–Trinajstić information content (AvgIpc) is 2.67. The Morgan fingerprint density at radius 2 is 1.88 bits per heavy atom. The minimum absolute atomic E-state index is 0.157. The Balaban J connectivity index is 1.37. The summed E-state index contributed by atoms with van der Waals surface area (Å²) in [6, 6.07) is 11.2. The Morgan fingerprint density at radius 3 is 2.60 bits per heavy atom. The van der Waals surface area contributed by atoms with Gasteiger partial charge in [-0.25, -0.2) is 4.79 Å². The molecule has 0 aromatic heterocycles. The average molecular weight is 344 g/mol. The molecule has 4 nitrogen and oxygen atoms in total. The molecular weight excluding hydrogens is 310 g/mol. The van der Waals surface area contributed by atoms with E-state index in [0.29, 0.717) is 6.04 Å². The first-order chi connectivity index (χ1) is 12.2. The van der Waals surface area contributed by atoms with Crippen molar-refractivity contribution in [2.75, 3.05) is 32.7 Å². The van der Waals surface area contributed by atoms with Gasteiger partial charge in [0.05, 0.1) is 0 Å². The van der Waals surface area contributed by atoms with Crippen LogP contribution in [0.4, 0.5) is 4.79 Å². The molecule has 2 heterocycles. The summed E-state index contributed by atoms with van der Waals surface area (Å²) in [7, 11) is 0. The molecule has 25 heavy (non-hydrogen) atoms. The minimum atomic E-state index is 0.157. The maximum absolute atomic E-state index is 12.5. The van der Waals surface area contributed by atoms with E-state index < -0.39 is 0 Å². The van der Waals surface area contributed by atoms with E-state index in [1.54, 1.807) is 0 Å². The fourth-order valence-corrected chi connectivity index (χ4v) is 4.17. The molecule has 0 spiro atoms. The van der Waals surface area contributed by atoms with Crippen LogP contribution in [0.5, 0.6) is 0 Å². The first-order valence-electron chi connectivity index (χ1n) is 10.1. The van der Waals surface area contributed by atoms with Gasteiger partial charge in [0.25, 0.3) is 0 Å². The van der Waals surface area contributed by atoms with Crippen LogP contribution in [0.3, 0.4) is 0 Å². The van der Waals surface area contributed by atoms with Crippen molar-refractivity contribution in [2.24, 2.45) is 5.92 Å². The number of carbonyl (C=O) groups is 1. The molecular formula is C21H33N3O. The number of likely N-dealkylation sites (tertiary alicyclic amines) is 2. The van der Waals surface area contributed by atoms with Crippen molar-refractivity contribution in [1.82, 2.24) is 15.1 Å². The second kappa shape index (κ2) is 9.23. The summed E-state index contributed by atoms with van der Waals surface area (Å²) in [5, 5.41) is 3.27. The molecule has 2 amide bonds. The Bertz CT molecular complexity index is 525. The van der Waals surface area contributed by atoms with Gasteiger partial charge in [0, 0.05) is 25.7 Å². The predicted octanol–water partition coefficient (Wildman–Crippen LogP) is 3.53. The van der Waals surface area contributed by atoms with E-state index in [4.69, 9.17) is 0 Å². The van der Waals surface area contributed by atoms with E-state index in [9.17, 15) is 4.79 Å². The third-order valence-electron chi connectivity index (χ3n) is 5.87. The number of benzene rings is 1. The van der Waals surface area contributed by atoms with Crippen molar-refractivity contribution in [3.05, 3.63) is 35.9 Å². The van der Waals surface area contributed by atoms with Crippen LogP contribution in [0, 0.1) is 5.92 Å². The number of amides is 2. The van der Waals surface area contributed by atoms with Crippen LogP contribution in [-0.2, 0) is 6.42 Å². The van der Waals surface area contributed by atoms with Crippen LogP contribution in [0.2, 0.25) is 0 Å². The lowest BCUT2D eigenvalue weighted by atomic mass is 9.90. The molecule has 1 aromatic carbocycles. The van der Waals surface area contributed by atoms with Crippen LogP contribution < -0.4 is 5.32 Å². The predicted molar refractivity (Wildman–Crippen MR) is 103 cm³/mol. The van der Waals surface area contributed by atoms with Crippen LogP contribution in [0.15, 0.2) is 30.3 Å². The third-order valence-corrected chi connectivity index (χ3v) is 5.87. The van der Waals surface area contributed by atoms with Crippen molar-refractivity contribution < 1.29 is 4.79 Å². The SMILES string of the molecule is CCN1CCC[C@H](NC(=O)N2CCC(CCc3ccccc3)CC2)C1. The number of piperidine rings is 2. The zero-order chi connectivity index (χ0) is 17.5. The number of hydrogen-bond acceptors (Lipinski definition) is 2. The standard InChI is InChI=1S/C21H33N3O/c1-2-23-14-6-9-20(17-23)22-21(25)24-15-12-19(13-16-24)11-10-18-7-4-3-5-8-18/h3-5,7-8,19-20H,2,6,9-17H2,1H3,(H,22,25)/t20-/m0/s1. The first-order valence-corrected chi connectivity index (χ1v) is 10.1. The van der Waals surface area contributed by atoms with Crippen molar-refractivity contribution >= 4 is 6.03 Å². The fraction of sp³-hybridized carbons (Fsp3) is 0.667. The van der Waals surface area contributed by atoms with Gasteiger partial charge >= 0.3 is 6.03 Å². The molecule has 1 atom stereocenters. The zero-order valence-electron chi connectivity index (χ0n) is 15.6. The third kappa shape index (κ3) is 5.46. The highest BCUT2D eigenvalue weighted by atomic mass is 16.2. The van der Waals surface area contributed by atoms with E-state index in [0.717, 1.165) is 57.8 Å². The molecule has 0 aliphatic carbocycles. The summed E-state index contributed by atoms with van der Waals surface area (Å²) in [5.41, 5.74) is 1.43. The van der Waals surface area contributed by atoms with Gasteiger partial charge in [0.2, 0.25) is 0 Å². The number of aryl methyl sites for hydroxylation is 1. The normalized spacial score (nSPS) is 22.8. The molecule has 1 N–H and O–H groups in total. The largest absolute Gasteiger partial charge is 0.334 e. The highest BCUT2D eigenvalue weighted by molar-refractivity contribution is 5.74. The minimum Gasteiger partial charge on any atom is -0.334 e. The molecule has 2 saturated heterocycles. The van der Waals surface area contributed by atoms with Crippen molar-refractivity contribution in [3.63, 3.8) is 0 Å². The number of hydrogen-bond donors (Lipinski definition) is 1. The van der Waals surface area contributed by atoms with Crippen molar-refractivity contribution in [1.29, 1.82) is 0 Å². The maximum atomic E-state index is 12.5. The molecule has 3 rings (SSSR count). The number of nitrogens with one attached hydrogen (secondary N) is 1. The maximum Gasteiger partial charge on any atom is 0.317 e. The summed E-state index contributed by atoms with van der Waals surface area (Å²) in [6.07, 6.45) is 7.01. The van der Waals surface area contributed by atoms with Crippen LogP contribution in [-0.4, -0.2) is 54.6 Å². The smallest absolute Gasteiger partial charge is 0.317 e. The number of rotatable bonds is 5. The first kappa shape index (κ1) is 18.2. The number of carbonyl (C=O) groups excluding carboxylic acids is 1. The van der Waals surface area contributed by atoms with Gasteiger partial charge in [-0.05, 0) is 63.1 Å². The number of nitrogens with zero attached hydrogens (tertiary/aromatic N) is 2. The second-order valence-corrected chi connectivity index (χ2v) is 7.64. The van der Waals surface area contributed by atoms with Crippen molar-refractivity contribution in [2.45, 2.75) is 51.5 Å². The summed E-state index contributed by atoms with van der Waals surface area (Å²) < 4.78 is 0. The summed E-state index contributed by atoms with van der Waals surface area (Å²) in [6.45, 7) is 7.29. The lowest BCUT2D eigenvalue weighted by Gasteiger charge is -2.36.